The molecule has 8 nitrogen and oxygen atoms in total. The zero-order valence-electron chi connectivity index (χ0n) is 18.9. The van der Waals surface area contributed by atoms with E-state index in [2.05, 4.69) is 10.00 Å². The Morgan fingerprint density at radius 2 is 1.79 bits per heavy atom. The molecule has 0 amide bonds. The van der Waals surface area contributed by atoms with Gasteiger partial charge in [-0.15, -0.1) is 5.10 Å². The first-order chi connectivity index (χ1) is 16.6. The van der Waals surface area contributed by atoms with E-state index in [-0.39, 0.29) is 17.5 Å². The van der Waals surface area contributed by atoms with E-state index in [1.165, 1.54) is 36.1 Å². The maximum Gasteiger partial charge on any atom is 0.279 e. The minimum Gasteiger partial charge on any atom is -0.476 e. The van der Waals surface area contributed by atoms with Crippen LogP contribution in [0.2, 0.25) is 0 Å². The van der Waals surface area contributed by atoms with E-state index >= 15 is 0 Å². The minimum atomic E-state index is -0.455. The molecule has 34 heavy (non-hydrogen) atoms. The highest BCUT2D eigenvalue weighted by molar-refractivity contribution is 6.10. The van der Waals surface area contributed by atoms with Crippen molar-refractivity contribution in [2.45, 2.75) is 25.7 Å². The first kappa shape index (κ1) is 22.0. The number of hydrogen-bond acceptors (Lipinski definition) is 6. The molecule has 8 heteroatoms. The van der Waals surface area contributed by atoms with Gasteiger partial charge in [0.25, 0.3) is 11.6 Å². The Bertz CT molecular complexity index is 1350. The Balaban J connectivity index is 1.45. The van der Waals surface area contributed by atoms with Gasteiger partial charge in [0.15, 0.2) is 0 Å². The normalized spacial score (nSPS) is 14.5. The minimum absolute atomic E-state index is 0.0668. The summed E-state index contributed by atoms with van der Waals surface area (Å²) in [6.07, 6.45) is 4.58. The molecule has 1 aliphatic rings. The summed E-state index contributed by atoms with van der Waals surface area (Å²) in [5, 5.41) is 18.1. The maximum atomic E-state index is 13.5. The van der Waals surface area contributed by atoms with Crippen molar-refractivity contribution in [1.29, 1.82) is 0 Å². The van der Waals surface area contributed by atoms with E-state index in [1.807, 2.05) is 36.4 Å². The standard InChI is InChI=1S/C26H26N4O4/c31-26(22-11-6-9-19-8-2-3-10-21(19)22)29-24-13-12-20(30(32)33)18-23(24)25(27-29)34-17-7-16-28-14-4-1-5-15-28/h2-3,6,8-13,18H,1,4-5,7,14-17H2. The molecule has 5 rings (SSSR count). The molecule has 0 spiro atoms. The molecular weight excluding hydrogens is 432 g/mol. The number of ether oxygens (including phenoxy) is 1. The summed E-state index contributed by atoms with van der Waals surface area (Å²) in [4.78, 5) is 26.9. The van der Waals surface area contributed by atoms with Gasteiger partial charge < -0.3 is 9.64 Å². The molecule has 1 aromatic heterocycles. The first-order valence-corrected chi connectivity index (χ1v) is 11.7. The predicted octanol–water partition coefficient (Wildman–Crippen LogP) is 5.04. The third-order valence-corrected chi connectivity index (χ3v) is 6.36. The second-order valence-electron chi connectivity index (χ2n) is 8.61. The van der Waals surface area contributed by atoms with Crippen molar-refractivity contribution in [3.8, 4) is 5.88 Å². The van der Waals surface area contributed by atoms with Gasteiger partial charge in [0.1, 0.15) is 0 Å². The second-order valence-corrected chi connectivity index (χ2v) is 8.61. The molecule has 1 saturated heterocycles. The average Bonchev–Trinajstić information content (AvgIpc) is 3.24. The number of rotatable bonds is 7. The van der Waals surface area contributed by atoms with Crippen molar-refractivity contribution in [3.05, 3.63) is 76.3 Å². The van der Waals surface area contributed by atoms with Crippen LogP contribution in [0.5, 0.6) is 5.88 Å². The van der Waals surface area contributed by atoms with Crippen LogP contribution in [0.15, 0.2) is 60.7 Å². The van der Waals surface area contributed by atoms with Crippen LogP contribution in [0.3, 0.4) is 0 Å². The van der Waals surface area contributed by atoms with E-state index in [1.54, 1.807) is 12.1 Å². The number of likely N-dealkylation sites (tertiary alicyclic amines) is 1. The fourth-order valence-corrected chi connectivity index (χ4v) is 4.62. The summed E-state index contributed by atoms with van der Waals surface area (Å²) in [5.41, 5.74) is 0.926. The molecule has 0 unspecified atom stereocenters. The topological polar surface area (TPSA) is 90.5 Å². The van der Waals surface area contributed by atoms with Crippen molar-refractivity contribution in [1.82, 2.24) is 14.7 Å². The molecule has 2 heterocycles. The van der Waals surface area contributed by atoms with Crippen LogP contribution in [-0.4, -0.2) is 51.8 Å². The van der Waals surface area contributed by atoms with E-state index in [0.29, 0.717) is 23.1 Å². The molecule has 0 atom stereocenters. The van der Waals surface area contributed by atoms with Gasteiger partial charge in [0, 0.05) is 24.2 Å². The van der Waals surface area contributed by atoms with Crippen LogP contribution in [0.4, 0.5) is 5.69 Å². The molecule has 0 bridgehead atoms. The Hall–Kier alpha value is -3.78. The number of non-ortho nitro benzene ring substituents is 1. The lowest BCUT2D eigenvalue weighted by atomic mass is 10.0. The number of nitro groups is 1. The molecule has 3 aromatic carbocycles. The van der Waals surface area contributed by atoms with Crippen LogP contribution in [0.25, 0.3) is 21.7 Å². The average molecular weight is 459 g/mol. The number of aromatic nitrogens is 2. The Morgan fingerprint density at radius 3 is 2.62 bits per heavy atom. The quantitative estimate of drug-likeness (QED) is 0.219. The van der Waals surface area contributed by atoms with Crippen molar-refractivity contribution >= 4 is 33.3 Å². The molecule has 0 N–H and O–H groups in total. The van der Waals surface area contributed by atoms with Gasteiger partial charge in [0.2, 0.25) is 5.88 Å². The summed E-state index contributed by atoms with van der Waals surface area (Å²) < 4.78 is 7.26. The number of carbonyl (C=O) groups excluding carboxylic acids is 1. The maximum absolute atomic E-state index is 13.5. The summed E-state index contributed by atoms with van der Waals surface area (Å²) in [5.74, 6) is -0.0650. The van der Waals surface area contributed by atoms with Crippen LogP contribution >= 0.6 is 0 Å². The van der Waals surface area contributed by atoms with Crippen molar-refractivity contribution in [2.75, 3.05) is 26.2 Å². The zero-order valence-corrected chi connectivity index (χ0v) is 18.9. The fourth-order valence-electron chi connectivity index (χ4n) is 4.62. The molecule has 1 fully saturated rings. The third-order valence-electron chi connectivity index (χ3n) is 6.36. The second kappa shape index (κ2) is 9.61. The van der Waals surface area contributed by atoms with Crippen LogP contribution in [-0.2, 0) is 0 Å². The lowest BCUT2D eigenvalue weighted by Crippen LogP contribution is -2.31. The van der Waals surface area contributed by atoms with E-state index in [4.69, 9.17) is 4.74 Å². The highest BCUT2D eigenvalue weighted by Crippen LogP contribution is 2.30. The number of hydrogen-bond donors (Lipinski definition) is 0. The monoisotopic (exact) mass is 458 g/mol. The third kappa shape index (κ3) is 4.36. The molecular formula is C26H26N4O4. The number of nitro benzene ring substituents is 1. The van der Waals surface area contributed by atoms with Crippen LogP contribution in [0, 0.1) is 10.1 Å². The fraction of sp³-hybridized carbons (Fsp3) is 0.308. The summed E-state index contributed by atoms with van der Waals surface area (Å²) in [6, 6.07) is 17.6. The summed E-state index contributed by atoms with van der Waals surface area (Å²) in [7, 11) is 0. The van der Waals surface area contributed by atoms with Crippen molar-refractivity contribution < 1.29 is 14.5 Å². The number of nitrogens with zero attached hydrogens (tertiary/aromatic N) is 4. The summed E-state index contributed by atoms with van der Waals surface area (Å²) in [6.45, 7) is 3.59. The SMILES string of the molecule is O=C(c1cccc2ccccc12)n1nc(OCCCN2CCCCC2)c2cc([N+](=O)[O-])ccc21. The summed E-state index contributed by atoms with van der Waals surface area (Å²) >= 11 is 0. The van der Waals surface area contributed by atoms with Crippen LogP contribution in [0.1, 0.15) is 36.0 Å². The van der Waals surface area contributed by atoms with E-state index in [0.717, 1.165) is 36.8 Å². The number of fused-ring (bicyclic) bond motifs is 2. The van der Waals surface area contributed by atoms with Gasteiger partial charge in [-0.25, -0.2) is 0 Å². The highest BCUT2D eigenvalue weighted by Gasteiger charge is 2.22. The molecule has 0 saturated carbocycles. The highest BCUT2D eigenvalue weighted by atomic mass is 16.6. The number of piperidine rings is 1. The molecule has 4 aromatic rings. The van der Waals surface area contributed by atoms with Gasteiger partial charge in [-0.05, 0) is 55.3 Å². The molecule has 0 radical (unpaired) electrons. The zero-order chi connectivity index (χ0) is 23.5. The predicted molar refractivity (Wildman–Crippen MR) is 130 cm³/mol. The van der Waals surface area contributed by atoms with Crippen molar-refractivity contribution in [3.63, 3.8) is 0 Å². The molecule has 174 valence electrons. The largest absolute Gasteiger partial charge is 0.476 e. The Labute approximate surface area is 196 Å². The lowest BCUT2D eigenvalue weighted by molar-refractivity contribution is -0.384. The molecule has 0 aliphatic carbocycles. The molecule has 1 aliphatic heterocycles. The van der Waals surface area contributed by atoms with Crippen LogP contribution < -0.4 is 4.74 Å². The van der Waals surface area contributed by atoms with E-state index in [9.17, 15) is 14.9 Å². The smallest absolute Gasteiger partial charge is 0.279 e. The van der Waals surface area contributed by atoms with E-state index < -0.39 is 4.92 Å². The Kier molecular flexibility index (Phi) is 6.22. The van der Waals surface area contributed by atoms with Gasteiger partial charge in [-0.1, -0.05) is 42.8 Å². The number of benzene rings is 3. The number of carbonyl (C=O) groups is 1. The van der Waals surface area contributed by atoms with Gasteiger partial charge >= 0.3 is 0 Å². The van der Waals surface area contributed by atoms with Gasteiger partial charge in [-0.2, -0.15) is 4.68 Å². The van der Waals surface area contributed by atoms with Gasteiger partial charge in [0.05, 0.1) is 22.4 Å². The van der Waals surface area contributed by atoms with Gasteiger partial charge in [-0.3, -0.25) is 14.9 Å². The lowest BCUT2D eigenvalue weighted by Gasteiger charge is -2.26. The van der Waals surface area contributed by atoms with Crippen molar-refractivity contribution in [2.24, 2.45) is 0 Å². The first-order valence-electron chi connectivity index (χ1n) is 11.7. The Morgan fingerprint density at radius 1 is 1.00 bits per heavy atom.